The van der Waals surface area contributed by atoms with E-state index in [-0.39, 0.29) is 24.3 Å². The number of furan rings is 1. The van der Waals surface area contributed by atoms with Gasteiger partial charge in [-0.1, -0.05) is 0 Å². The van der Waals surface area contributed by atoms with Crippen LogP contribution < -0.4 is 9.47 Å². The summed E-state index contributed by atoms with van der Waals surface area (Å²) in [5.41, 5.74) is 2.28. The topological polar surface area (TPSA) is 81.3 Å². The summed E-state index contributed by atoms with van der Waals surface area (Å²) in [5.74, 6) is 1.60. The number of hydrogen-bond acceptors (Lipinski definition) is 6. The number of amides is 1. The lowest BCUT2D eigenvalue weighted by Gasteiger charge is -2.20. The number of hydrazone groups is 1. The summed E-state index contributed by atoms with van der Waals surface area (Å²) in [7, 11) is 1.61. The van der Waals surface area contributed by atoms with E-state index in [1.54, 1.807) is 43.7 Å². The van der Waals surface area contributed by atoms with E-state index < -0.39 is 0 Å². The number of benzene rings is 2. The summed E-state index contributed by atoms with van der Waals surface area (Å²) in [6.07, 6.45) is 2.11. The van der Waals surface area contributed by atoms with Crippen LogP contribution >= 0.6 is 0 Å². The minimum absolute atomic E-state index is 0.0265. The molecule has 2 aromatic carbocycles. The molecule has 7 heteroatoms. The van der Waals surface area contributed by atoms with Crippen molar-refractivity contribution in [3.63, 3.8) is 0 Å². The van der Waals surface area contributed by atoms with Crippen molar-refractivity contribution >= 4 is 17.4 Å². The van der Waals surface area contributed by atoms with E-state index in [2.05, 4.69) is 5.10 Å². The highest BCUT2D eigenvalue weighted by molar-refractivity contribution is 6.03. The van der Waals surface area contributed by atoms with E-state index in [4.69, 9.17) is 13.9 Å². The Morgan fingerprint density at radius 3 is 2.39 bits per heavy atom. The van der Waals surface area contributed by atoms with Crippen molar-refractivity contribution in [3.05, 3.63) is 83.8 Å². The van der Waals surface area contributed by atoms with Crippen LogP contribution in [0.2, 0.25) is 0 Å². The van der Waals surface area contributed by atoms with E-state index in [9.17, 15) is 9.59 Å². The maximum Gasteiger partial charge on any atom is 0.281 e. The highest BCUT2D eigenvalue weighted by atomic mass is 16.5. The van der Waals surface area contributed by atoms with Gasteiger partial charge in [0.1, 0.15) is 23.3 Å². The number of hydrogen-bond donors (Lipinski definition) is 0. The van der Waals surface area contributed by atoms with E-state index in [1.165, 1.54) is 11.9 Å². The molecule has 0 aliphatic carbocycles. The van der Waals surface area contributed by atoms with Crippen molar-refractivity contribution in [2.75, 3.05) is 13.7 Å². The summed E-state index contributed by atoms with van der Waals surface area (Å²) < 4.78 is 16.4. The third-order valence-corrected chi connectivity index (χ3v) is 5.08. The largest absolute Gasteiger partial charge is 0.497 e. The zero-order chi connectivity index (χ0) is 21.8. The van der Waals surface area contributed by atoms with Crippen LogP contribution in [0.4, 0.5) is 0 Å². The third kappa shape index (κ3) is 4.50. The summed E-state index contributed by atoms with van der Waals surface area (Å²) in [4.78, 5) is 24.4. The van der Waals surface area contributed by atoms with Crippen LogP contribution in [0, 0.1) is 0 Å². The molecule has 0 radical (unpaired) electrons. The summed E-state index contributed by atoms with van der Waals surface area (Å²) >= 11 is 0. The molecule has 1 aliphatic rings. The Labute approximate surface area is 179 Å². The van der Waals surface area contributed by atoms with Gasteiger partial charge in [0.2, 0.25) is 0 Å². The Hall–Kier alpha value is -3.87. The number of methoxy groups -OCH3 is 1. The first-order valence-corrected chi connectivity index (χ1v) is 9.86. The predicted molar refractivity (Wildman–Crippen MR) is 114 cm³/mol. The Morgan fingerprint density at radius 2 is 1.77 bits per heavy atom. The van der Waals surface area contributed by atoms with E-state index in [0.29, 0.717) is 23.5 Å². The van der Waals surface area contributed by atoms with Crippen LogP contribution in [0.5, 0.6) is 11.5 Å². The second-order valence-corrected chi connectivity index (χ2v) is 7.12. The molecule has 0 saturated heterocycles. The zero-order valence-electron chi connectivity index (χ0n) is 17.3. The van der Waals surface area contributed by atoms with Crippen LogP contribution in [0.3, 0.4) is 0 Å². The number of nitrogens with zero attached hydrogens (tertiary/aromatic N) is 2. The van der Waals surface area contributed by atoms with Crippen LogP contribution in [0.15, 0.2) is 76.4 Å². The summed E-state index contributed by atoms with van der Waals surface area (Å²) in [6, 6.07) is 17.5. The van der Waals surface area contributed by atoms with E-state index in [1.807, 2.05) is 30.3 Å². The van der Waals surface area contributed by atoms with Crippen molar-refractivity contribution in [1.29, 1.82) is 0 Å². The molecule has 1 unspecified atom stereocenters. The highest BCUT2D eigenvalue weighted by Gasteiger charge is 2.35. The Balaban J connectivity index is 1.51. The normalized spacial score (nSPS) is 15.5. The molecule has 31 heavy (non-hydrogen) atoms. The van der Waals surface area contributed by atoms with Gasteiger partial charge in [-0.2, -0.15) is 5.10 Å². The van der Waals surface area contributed by atoms with Gasteiger partial charge in [0.05, 0.1) is 19.1 Å². The van der Waals surface area contributed by atoms with Gasteiger partial charge < -0.3 is 13.9 Å². The van der Waals surface area contributed by atoms with Gasteiger partial charge in [0.15, 0.2) is 12.4 Å². The first-order valence-electron chi connectivity index (χ1n) is 9.86. The molecule has 0 saturated carbocycles. The molecule has 1 aromatic heterocycles. The maximum atomic E-state index is 13.0. The van der Waals surface area contributed by atoms with Crippen molar-refractivity contribution in [3.8, 4) is 11.5 Å². The molecule has 0 bridgehead atoms. The monoisotopic (exact) mass is 418 g/mol. The molecule has 0 fully saturated rings. The third-order valence-electron chi connectivity index (χ3n) is 5.08. The molecule has 1 aliphatic heterocycles. The average molecular weight is 418 g/mol. The quantitative estimate of drug-likeness (QED) is 0.536. The van der Waals surface area contributed by atoms with Gasteiger partial charge in [-0.05, 0) is 73.2 Å². The lowest BCUT2D eigenvalue weighted by Crippen LogP contribution is -2.31. The molecule has 3 aromatic rings. The fourth-order valence-corrected chi connectivity index (χ4v) is 3.40. The number of carbonyl (C=O) groups excluding carboxylic acids is 2. The Morgan fingerprint density at radius 1 is 1.06 bits per heavy atom. The second-order valence-electron chi connectivity index (χ2n) is 7.12. The molecule has 2 heterocycles. The van der Waals surface area contributed by atoms with Crippen molar-refractivity contribution in [1.82, 2.24) is 5.01 Å². The van der Waals surface area contributed by atoms with Crippen molar-refractivity contribution in [2.24, 2.45) is 5.10 Å². The smallest absolute Gasteiger partial charge is 0.281 e. The molecule has 0 N–H and O–H groups in total. The average Bonchev–Trinajstić information content (AvgIpc) is 3.48. The van der Waals surface area contributed by atoms with Gasteiger partial charge >= 0.3 is 0 Å². The van der Waals surface area contributed by atoms with Crippen LogP contribution in [-0.2, 0) is 4.79 Å². The van der Waals surface area contributed by atoms with Crippen molar-refractivity contribution in [2.45, 2.75) is 19.4 Å². The minimum Gasteiger partial charge on any atom is -0.497 e. The van der Waals surface area contributed by atoms with E-state index >= 15 is 0 Å². The predicted octanol–water partition coefficient (Wildman–Crippen LogP) is 4.25. The van der Waals surface area contributed by atoms with Gasteiger partial charge in [-0.15, -0.1) is 0 Å². The summed E-state index contributed by atoms with van der Waals surface area (Å²) in [6.45, 7) is 1.32. The number of rotatable bonds is 7. The van der Waals surface area contributed by atoms with Crippen molar-refractivity contribution < 1.29 is 23.5 Å². The van der Waals surface area contributed by atoms with Gasteiger partial charge in [0.25, 0.3) is 5.91 Å². The SMILES string of the molecule is COc1ccc(C2=NN(C(=O)COc3ccc(C(C)=O)cc3)C(c3ccco3)C2)cc1. The minimum atomic E-state index is -0.344. The van der Waals surface area contributed by atoms with Gasteiger partial charge in [-0.3, -0.25) is 9.59 Å². The lowest BCUT2D eigenvalue weighted by molar-refractivity contribution is -0.135. The molecule has 158 valence electrons. The Bertz CT molecular complexity index is 1090. The molecule has 0 spiro atoms. The fraction of sp³-hybridized carbons (Fsp3) is 0.208. The second kappa shape index (κ2) is 8.87. The number of ketones is 1. The number of carbonyl (C=O) groups is 2. The highest BCUT2D eigenvalue weighted by Crippen LogP contribution is 2.33. The van der Waals surface area contributed by atoms with Gasteiger partial charge in [-0.25, -0.2) is 5.01 Å². The zero-order valence-corrected chi connectivity index (χ0v) is 17.3. The summed E-state index contributed by atoms with van der Waals surface area (Å²) in [5, 5.41) is 5.99. The maximum absolute atomic E-state index is 13.0. The number of Topliss-reactive ketones (excluding diaryl/α,β-unsaturated/α-hetero) is 1. The van der Waals surface area contributed by atoms with Gasteiger partial charge in [0, 0.05) is 12.0 Å². The molecule has 1 atom stereocenters. The number of ether oxygens (including phenoxy) is 2. The van der Waals surface area contributed by atoms with Crippen LogP contribution in [0.25, 0.3) is 0 Å². The molecule has 7 nitrogen and oxygen atoms in total. The lowest BCUT2D eigenvalue weighted by atomic mass is 10.0. The Kier molecular flexibility index (Phi) is 5.84. The first kappa shape index (κ1) is 20.4. The molecular formula is C24H22N2O5. The van der Waals surface area contributed by atoms with Crippen LogP contribution in [0.1, 0.15) is 41.1 Å². The standard InChI is InChI=1S/C24H22N2O5/c1-16(27)17-5-11-20(12-6-17)31-15-24(28)26-22(23-4-3-13-30-23)14-21(25-26)18-7-9-19(29-2)10-8-18/h3-13,22H,14-15H2,1-2H3. The molecule has 1 amide bonds. The first-order chi connectivity index (χ1) is 15.0. The van der Waals surface area contributed by atoms with E-state index in [0.717, 1.165) is 17.0 Å². The fourth-order valence-electron chi connectivity index (χ4n) is 3.40. The molecular weight excluding hydrogens is 396 g/mol. The van der Waals surface area contributed by atoms with Crippen LogP contribution in [-0.4, -0.2) is 36.1 Å². The molecule has 4 rings (SSSR count).